The number of carbonyl (C=O) groups excluding carboxylic acids is 1. The normalized spacial score (nSPS) is 28.5. The Labute approximate surface area is 76.4 Å². The van der Waals surface area contributed by atoms with E-state index in [4.69, 9.17) is 11.6 Å². The maximum absolute atomic E-state index is 11.0. The molecule has 0 N–H and O–H groups in total. The van der Waals surface area contributed by atoms with Crippen molar-refractivity contribution in [2.75, 3.05) is 18.1 Å². The fraction of sp³-hybridized carbons (Fsp3) is 0.833. The molecule has 1 fully saturated rings. The van der Waals surface area contributed by atoms with Gasteiger partial charge in [0.1, 0.15) is 0 Å². The van der Waals surface area contributed by atoms with Gasteiger partial charge in [0.15, 0.2) is 9.84 Å². The highest BCUT2D eigenvalue weighted by Gasteiger charge is 2.30. The summed E-state index contributed by atoms with van der Waals surface area (Å²) in [6, 6.07) is -0.297. The Balaban J connectivity index is 2.72. The van der Waals surface area contributed by atoms with E-state index in [9.17, 15) is 13.2 Å². The first kappa shape index (κ1) is 9.80. The van der Waals surface area contributed by atoms with E-state index < -0.39 is 15.2 Å². The average Bonchev–Trinajstić information content (AvgIpc) is 1.83. The number of amides is 1. The molecular weight excluding hydrogens is 202 g/mol. The zero-order valence-electron chi connectivity index (χ0n) is 6.66. The molecule has 1 saturated heterocycles. The quantitative estimate of drug-likeness (QED) is 0.432. The molecule has 4 nitrogen and oxygen atoms in total. The second kappa shape index (κ2) is 3.22. The van der Waals surface area contributed by atoms with Crippen LogP contribution in [0.4, 0.5) is 4.79 Å². The standard InChI is InChI=1S/C6H10ClNO3S/c1-5-4-12(10,11)3-2-8(5)6(7)9/h5H,2-4H2,1H3. The maximum Gasteiger partial charge on any atom is 0.316 e. The smallest absolute Gasteiger partial charge is 0.316 e. The number of halogens is 1. The molecule has 6 heteroatoms. The topological polar surface area (TPSA) is 54.5 Å². The predicted octanol–water partition coefficient (Wildman–Crippen LogP) is 0.464. The van der Waals surface area contributed by atoms with Crippen molar-refractivity contribution in [1.82, 2.24) is 4.90 Å². The molecule has 0 saturated carbocycles. The van der Waals surface area contributed by atoms with E-state index >= 15 is 0 Å². The van der Waals surface area contributed by atoms with Gasteiger partial charge in [-0.25, -0.2) is 8.42 Å². The molecule has 12 heavy (non-hydrogen) atoms. The van der Waals surface area contributed by atoms with Gasteiger partial charge in [-0.1, -0.05) is 0 Å². The summed E-state index contributed by atoms with van der Waals surface area (Å²) < 4.78 is 22.1. The van der Waals surface area contributed by atoms with Crippen LogP contribution >= 0.6 is 11.6 Å². The molecule has 1 unspecified atom stereocenters. The van der Waals surface area contributed by atoms with Crippen molar-refractivity contribution in [3.8, 4) is 0 Å². The first-order valence-electron chi connectivity index (χ1n) is 3.59. The average molecular weight is 212 g/mol. The van der Waals surface area contributed by atoms with Crippen LogP contribution in [0.3, 0.4) is 0 Å². The van der Waals surface area contributed by atoms with E-state index in [-0.39, 0.29) is 24.1 Å². The molecule has 1 amide bonds. The Kier molecular flexibility index (Phi) is 2.63. The molecule has 1 aliphatic heterocycles. The maximum atomic E-state index is 11.0. The highest BCUT2D eigenvalue weighted by atomic mass is 35.5. The van der Waals surface area contributed by atoms with Crippen molar-refractivity contribution < 1.29 is 13.2 Å². The first-order valence-corrected chi connectivity index (χ1v) is 5.79. The summed E-state index contributed by atoms with van der Waals surface area (Å²) in [5.74, 6) is 0.0429. The van der Waals surface area contributed by atoms with Crippen LogP contribution in [-0.2, 0) is 9.84 Å². The Morgan fingerprint density at radius 2 is 2.17 bits per heavy atom. The molecule has 1 aliphatic rings. The Morgan fingerprint density at radius 1 is 1.58 bits per heavy atom. The number of hydrogen-bond donors (Lipinski definition) is 0. The van der Waals surface area contributed by atoms with Gasteiger partial charge >= 0.3 is 5.37 Å². The molecular formula is C6H10ClNO3S. The summed E-state index contributed by atoms with van der Waals surface area (Å²) in [5, 5.41) is -0.572. The zero-order valence-corrected chi connectivity index (χ0v) is 8.23. The largest absolute Gasteiger partial charge is 0.324 e. The van der Waals surface area contributed by atoms with Crippen LogP contribution in [0.5, 0.6) is 0 Å². The third kappa shape index (κ3) is 2.10. The molecule has 0 spiro atoms. The van der Waals surface area contributed by atoms with Gasteiger partial charge in [0, 0.05) is 12.6 Å². The number of rotatable bonds is 0. The van der Waals surface area contributed by atoms with Crippen LogP contribution in [0.1, 0.15) is 6.92 Å². The number of hydrogen-bond acceptors (Lipinski definition) is 3. The minimum atomic E-state index is -2.95. The van der Waals surface area contributed by atoms with Crippen LogP contribution in [-0.4, -0.2) is 42.8 Å². The van der Waals surface area contributed by atoms with Crippen LogP contribution < -0.4 is 0 Å². The second-order valence-corrected chi connectivity index (χ2v) is 5.46. The number of carbonyl (C=O) groups is 1. The van der Waals surface area contributed by atoms with E-state index in [1.807, 2.05) is 0 Å². The van der Waals surface area contributed by atoms with Gasteiger partial charge in [-0.2, -0.15) is 0 Å². The van der Waals surface area contributed by atoms with Gasteiger partial charge in [0.2, 0.25) is 0 Å². The van der Waals surface area contributed by atoms with E-state index in [1.165, 1.54) is 4.90 Å². The van der Waals surface area contributed by atoms with E-state index in [2.05, 4.69) is 0 Å². The number of sulfone groups is 1. The van der Waals surface area contributed by atoms with Crippen molar-refractivity contribution in [2.24, 2.45) is 0 Å². The highest BCUT2D eigenvalue weighted by Crippen LogP contribution is 2.13. The summed E-state index contributed by atoms with van der Waals surface area (Å²) in [4.78, 5) is 12.1. The molecule has 0 aromatic heterocycles. The molecule has 0 bridgehead atoms. The summed E-state index contributed by atoms with van der Waals surface area (Å²) >= 11 is 5.24. The van der Waals surface area contributed by atoms with Gasteiger partial charge in [-0.3, -0.25) is 4.79 Å². The number of nitrogens with zero attached hydrogens (tertiary/aromatic N) is 1. The van der Waals surface area contributed by atoms with Crippen molar-refractivity contribution in [3.63, 3.8) is 0 Å². The highest BCUT2D eigenvalue weighted by molar-refractivity contribution is 7.91. The Hall–Kier alpha value is -0.290. The van der Waals surface area contributed by atoms with Crippen LogP contribution in [0.2, 0.25) is 0 Å². The first-order chi connectivity index (χ1) is 5.42. The van der Waals surface area contributed by atoms with E-state index in [0.29, 0.717) is 0 Å². The lowest BCUT2D eigenvalue weighted by Gasteiger charge is -2.30. The van der Waals surface area contributed by atoms with Crippen molar-refractivity contribution in [1.29, 1.82) is 0 Å². The van der Waals surface area contributed by atoms with E-state index in [0.717, 1.165) is 0 Å². The van der Waals surface area contributed by atoms with Gasteiger partial charge in [0.25, 0.3) is 0 Å². The van der Waals surface area contributed by atoms with Gasteiger partial charge in [-0.15, -0.1) is 0 Å². The third-order valence-electron chi connectivity index (χ3n) is 1.90. The second-order valence-electron chi connectivity index (χ2n) is 2.91. The lowest BCUT2D eigenvalue weighted by atomic mass is 10.3. The third-order valence-corrected chi connectivity index (χ3v) is 3.91. The summed E-state index contributed by atoms with van der Waals surface area (Å²) in [6.45, 7) is 1.89. The summed E-state index contributed by atoms with van der Waals surface area (Å²) in [5.41, 5.74) is 0. The van der Waals surface area contributed by atoms with Crippen LogP contribution in [0.25, 0.3) is 0 Å². The fourth-order valence-electron chi connectivity index (χ4n) is 1.26. The minimum Gasteiger partial charge on any atom is -0.324 e. The zero-order chi connectivity index (χ0) is 9.35. The molecule has 0 aliphatic carbocycles. The monoisotopic (exact) mass is 211 g/mol. The predicted molar refractivity (Wildman–Crippen MR) is 46.1 cm³/mol. The lowest BCUT2D eigenvalue weighted by molar-refractivity contribution is 0.209. The summed E-state index contributed by atoms with van der Waals surface area (Å²) in [7, 11) is -2.95. The van der Waals surface area contributed by atoms with Crippen molar-refractivity contribution in [2.45, 2.75) is 13.0 Å². The Bertz CT molecular complexity index is 287. The lowest BCUT2D eigenvalue weighted by Crippen LogP contribution is -2.47. The molecule has 0 aromatic carbocycles. The molecule has 70 valence electrons. The van der Waals surface area contributed by atoms with Crippen LogP contribution in [0.15, 0.2) is 0 Å². The van der Waals surface area contributed by atoms with Crippen molar-refractivity contribution in [3.05, 3.63) is 0 Å². The molecule has 1 atom stereocenters. The fourth-order valence-corrected chi connectivity index (χ4v) is 3.07. The van der Waals surface area contributed by atoms with Crippen molar-refractivity contribution >= 4 is 26.8 Å². The molecule has 1 heterocycles. The SMILES string of the molecule is CC1CS(=O)(=O)CCN1C(=O)Cl. The minimum absolute atomic E-state index is 0.0193. The summed E-state index contributed by atoms with van der Waals surface area (Å²) in [6.07, 6.45) is 0. The van der Waals surface area contributed by atoms with E-state index in [1.54, 1.807) is 6.92 Å². The molecule has 0 aromatic rings. The molecule has 0 radical (unpaired) electrons. The van der Waals surface area contributed by atoms with Gasteiger partial charge < -0.3 is 4.90 Å². The molecule has 1 rings (SSSR count). The van der Waals surface area contributed by atoms with Crippen LogP contribution in [0, 0.1) is 0 Å². The van der Waals surface area contributed by atoms with Gasteiger partial charge in [-0.05, 0) is 18.5 Å². The van der Waals surface area contributed by atoms with Gasteiger partial charge in [0.05, 0.1) is 11.5 Å². The Morgan fingerprint density at radius 3 is 2.58 bits per heavy atom.